The van der Waals surface area contributed by atoms with Crippen LogP contribution >= 0.6 is 23.2 Å². The molecule has 0 radical (unpaired) electrons. The van der Waals surface area contributed by atoms with Gasteiger partial charge in [0.1, 0.15) is 12.6 Å². The number of nitro groups is 1. The highest BCUT2D eigenvalue weighted by Gasteiger charge is 2.32. The molecular weight excluding hydrogens is 543 g/mol. The fourth-order valence-corrected chi connectivity index (χ4v) is 4.88. The standard InChI is InChI=1S/C24H30Cl2N4O6S/c1-5-16(3)27-24(32)22(6-2)28(14-17-10-11-18(25)12-21(17)26)23(31)15-29(37(4,35)36)19-8-7-9-20(13-19)30(33)34/h7-13,16,22H,5-6,14-15H2,1-4H3,(H,27,32)/t16-,22+/m0/s1. The lowest BCUT2D eigenvalue weighted by atomic mass is 10.1. The fraction of sp³-hybridized carbons (Fsp3) is 0.417. The van der Waals surface area contributed by atoms with E-state index in [-0.39, 0.29) is 35.4 Å². The average molecular weight is 573 g/mol. The Bertz CT molecular complexity index is 1260. The van der Waals surface area contributed by atoms with Gasteiger partial charge in [-0.15, -0.1) is 0 Å². The first kappa shape index (κ1) is 30.3. The number of hydrogen-bond donors (Lipinski definition) is 1. The zero-order chi connectivity index (χ0) is 27.9. The lowest BCUT2D eigenvalue weighted by Gasteiger charge is -2.33. The van der Waals surface area contributed by atoms with Gasteiger partial charge in [-0.05, 0) is 43.5 Å². The molecule has 0 fully saturated rings. The Morgan fingerprint density at radius 2 is 1.78 bits per heavy atom. The number of benzene rings is 2. The van der Waals surface area contributed by atoms with Crippen LogP contribution in [0.5, 0.6) is 0 Å². The molecule has 2 amide bonds. The van der Waals surface area contributed by atoms with E-state index in [0.29, 0.717) is 17.0 Å². The number of nitrogens with one attached hydrogen (secondary N) is 1. The highest BCUT2D eigenvalue weighted by atomic mass is 35.5. The van der Waals surface area contributed by atoms with Crippen molar-refractivity contribution in [2.24, 2.45) is 0 Å². The van der Waals surface area contributed by atoms with Crippen LogP contribution in [0.3, 0.4) is 0 Å². The zero-order valence-electron chi connectivity index (χ0n) is 21.0. The molecule has 0 saturated heterocycles. The first-order valence-corrected chi connectivity index (χ1v) is 14.1. The van der Waals surface area contributed by atoms with E-state index in [9.17, 15) is 28.1 Å². The highest BCUT2D eigenvalue weighted by molar-refractivity contribution is 7.92. The number of carbonyl (C=O) groups is 2. The second-order valence-corrected chi connectivity index (χ2v) is 11.3. The lowest BCUT2D eigenvalue weighted by molar-refractivity contribution is -0.384. The number of nitrogens with zero attached hydrogens (tertiary/aromatic N) is 3. The Morgan fingerprint density at radius 3 is 2.32 bits per heavy atom. The van der Waals surface area contributed by atoms with E-state index < -0.39 is 39.3 Å². The van der Waals surface area contributed by atoms with Crippen LogP contribution in [0.15, 0.2) is 42.5 Å². The number of carbonyl (C=O) groups excluding carboxylic acids is 2. The Balaban J connectivity index is 2.51. The predicted octanol–water partition coefficient (Wildman–Crippen LogP) is 4.39. The molecule has 0 bridgehead atoms. The largest absolute Gasteiger partial charge is 0.352 e. The Labute approximate surface area is 226 Å². The van der Waals surface area contributed by atoms with Crippen LogP contribution in [0.2, 0.25) is 10.0 Å². The zero-order valence-corrected chi connectivity index (χ0v) is 23.3. The van der Waals surface area contributed by atoms with Crippen LogP contribution in [0.1, 0.15) is 39.2 Å². The van der Waals surface area contributed by atoms with Gasteiger partial charge in [-0.2, -0.15) is 0 Å². The molecule has 0 unspecified atom stereocenters. The molecule has 0 aromatic heterocycles. The number of halogens is 2. The molecule has 1 N–H and O–H groups in total. The van der Waals surface area contributed by atoms with Crippen molar-refractivity contribution < 1.29 is 22.9 Å². The summed E-state index contributed by atoms with van der Waals surface area (Å²) >= 11 is 12.3. The number of rotatable bonds is 12. The number of sulfonamides is 1. The van der Waals surface area contributed by atoms with Crippen molar-refractivity contribution in [2.75, 3.05) is 17.1 Å². The van der Waals surface area contributed by atoms with Gasteiger partial charge >= 0.3 is 0 Å². The summed E-state index contributed by atoms with van der Waals surface area (Å²) in [6.45, 7) is 4.71. The highest BCUT2D eigenvalue weighted by Crippen LogP contribution is 2.26. The summed E-state index contributed by atoms with van der Waals surface area (Å²) in [5, 5.41) is 14.8. The Kier molecular flexibility index (Phi) is 10.7. The third-order valence-electron chi connectivity index (χ3n) is 5.75. The van der Waals surface area contributed by atoms with E-state index >= 15 is 0 Å². The van der Waals surface area contributed by atoms with E-state index in [1.165, 1.54) is 29.2 Å². The lowest BCUT2D eigenvalue weighted by Crippen LogP contribution is -2.53. The minimum absolute atomic E-state index is 0.0494. The smallest absolute Gasteiger partial charge is 0.271 e. The third kappa shape index (κ3) is 8.31. The van der Waals surface area contributed by atoms with Gasteiger partial charge in [0, 0.05) is 34.8 Å². The third-order valence-corrected chi connectivity index (χ3v) is 7.48. The maximum atomic E-state index is 13.7. The molecule has 0 heterocycles. The summed E-state index contributed by atoms with van der Waals surface area (Å²) < 4.78 is 26.1. The molecule has 202 valence electrons. The number of anilines is 1. The molecule has 0 aliphatic heterocycles. The second kappa shape index (κ2) is 13.1. The maximum absolute atomic E-state index is 13.7. The van der Waals surface area contributed by atoms with Crippen molar-refractivity contribution in [2.45, 2.75) is 52.2 Å². The Hall–Kier alpha value is -2.89. The van der Waals surface area contributed by atoms with E-state index in [0.717, 1.165) is 16.6 Å². The van der Waals surface area contributed by atoms with Crippen molar-refractivity contribution >= 4 is 56.4 Å². The van der Waals surface area contributed by atoms with Crippen LogP contribution < -0.4 is 9.62 Å². The van der Waals surface area contributed by atoms with Gasteiger partial charge in [0.2, 0.25) is 21.8 Å². The van der Waals surface area contributed by atoms with Crippen LogP contribution in [0.25, 0.3) is 0 Å². The molecule has 0 aliphatic rings. The molecule has 0 saturated carbocycles. The van der Waals surface area contributed by atoms with Gasteiger partial charge in [0.15, 0.2) is 0 Å². The van der Waals surface area contributed by atoms with Crippen LogP contribution in [-0.4, -0.2) is 54.9 Å². The summed E-state index contributed by atoms with van der Waals surface area (Å²) in [6, 6.07) is 8.62. The van der Waals surface area contributed by atoms with Crippen molar-refractivity contribution in [3.63, 3.8) is 0 Å². The molecular formula is C24H30Cl2N4O6S. The summed E-state index contributed by atoms with van der Waals surface area (Å²) in [5.74, 6) is -1.08. The molecule has 2 rings (SSSR count). The van der Waals surface area contributed by atoms with Gasteiger partial charge in [-0.1, -0.05) is 49.2 Å². The number of hydrogen-bond acceptors (Lipinski definition) is 6. The first-order chi connectivity index (χ1) is 17.3. The molecule has 2 atom stereocenters. The minimum Gasteiger partial charge on any atom is -0.352 e. The molecule has 0 spiro atoms. The summed E-state index contributed by atoms with van der Waals surface area (Å²) in [7, 11) is -4.03. The SMILES string of the molecule is CC[C@H](C(=O)N[C@@H](C)CC)N(Cc1ccc(Cl)cc1Cl)C(=O)CN(c1cccc([N+](=O)[O-])c1)S(C)(=O)=O. The van der Waals surface area contributed by atoms with Gasteiger partial charge in [-0.25, -0.2) is 8.42 Å². The molecule has 0 aliphatic carbocycles. The van der Waals surface area contributed by atoms with Crippen molar-refractivity contribution in [1.29, 1.82) is 0 Å². The number of non-ortho nitro benzene ring substituents is 1. The molecule has 10 nitrogen and oxygen atoms in total. The summed E-state index contributed by atoms with van der Waals surface area (Å²) in [5.41, 5.74) is 0.129. The monoisotopic (exact) mass is 572 g/mol. The van der Waals surface area contributed by atoms with Crippen molar-refractivity contribution in [1.82, 2.24) is 10.2 Å². The quantitative estimate of drug-likeness (QED) is 0.296. The number of amides is 2. The number of nitro benzene ring substituents is 1. The van der Waals surface area contributed by atoms with Crippen LogP contribution in [0.4, 0.5) is 11.4 Å². The minimum atomic E-state index is -4.03. The Morgan fingerprint density at radius 1 is 1.11 bits per heavy atom. The molecule has 37 heavy (non-hydrogen) atoms. The molecule has 2 aromatic carbocycles. The summed E-state index contributed by atoms with van der Waals surface area (Å²) in [4.78, 5) is 38.6. The second-order valence-electron chi connectivity index (χ2n) is 8.55. The maximum Gasteiger partial charge on any atom is 0.271 e. The topological polar surface area (TPSA) is 130 Å². The van der Waals surface area contributed by atoms with Gasteiger partial charge in [0.05, 0.1) is 16.9 Å². The normalized spacial score (nSPS) is 12.9. The van der Waals surface area contributed by atoms with Crippen molar-refractivity contribution in [3.8, 4) is 0 Å². The fourth-order valence-electron chi connectivity index (χ4n) is 3.57. The summed E-state index contributed by atoms with van der Waals surface area (Å²) in [6.07, 6.45) is 1.81. The van der Waals surface area contributed by atoms with E-state index in [2.05, 4.69) is 5.32 Å². The van der Waals surface area contributed by atoms with Gasteiger partial charge in [-0.3, -0.25) is 24.0 Å². The van der Waals surface area contributed by atoms with Crippen LogP contribution in [0, 0.1) is 10.1 Å². The van der Waals surface area contributed by atoms with E-state index in [1.54, 1.807) is 19.1 Å². The average Bonchev–Trinajstić information content (AvgIpc) is 2.82. The van der Waals surface area contributed by atoms with E-state index in [1.807, 2.05) is 13.8 Å². The van der Waals surface area contributed by atoms with Gasteiger partial charge in [0.25, 0.3) is 5.69 Å². The van der Waals surface area contributed by atoms with Crippen molar-refractivity contribution in [3.05, 3.63) is 68.2 Å². The van der Waals surface area contributed by atoms with Crippen LogP contribution in [-0.2, 0) is 26.2 Å². The molecule has 2 aromatic rings. The van der Waals surface area contributed by atoms with E-state index in [4.69, 9.17) is 23.2 Å². The molecule has 13 heteroatoms. The van der Waals surface area contributed by atoms with Gasteiger partial charge < -0.3 is 10.2 Å². The predicted molar refractivity (Wildman–Crippen MR) is 144 cm³/mol. The first-order valence-electron chi connectivity index (χ1n) is 11.5.